The molecule has 5 rings (SSSR count). The van der Waals surface area contributed by atoms with Crippen LogP contribution >= 0.6 is 0 Å². The number of benzene rings is 3. The molecule has 0 aromatic heterocycles. The molecule has 5 heteroatoms. The molecule has 40 heavy (non-hydrogen) atoms. The summed E-state index contributed by atoms with van der Waals surface area (Å²) < 4.78 is 12.1. The second kappa shape index (κ2) is 12.6. The van der Waals surface area contributed by atoms with Crippen molar-refractivity contribution in [1.82, 2.24) is 0 Å². The van der Waals surface area contributed by atoms with Crippen molar-refractivity contribution < 1.29 is 19.4 Å². The molecule has 5 nitrogen and oxygen atoms in total. The number of aliphatic hydroxyl groups excluding tert-OH is 1. The summed E-state index contributed by atoms with van der Waals surface area (Å²) in [7, 11) is 0. The lowest BCUT2D eigenvalue weighted by Gasteiger charge is -2.28. The van der Waals surface area contributed by atoms with E-state index in [9.17, 15) is 9.90 Å². The Balaban J connectivity index is 1.27. The Morgan fingerprint density at radius 1 is 0.975 bits per heavy atom. The number of fused-ring (bicyclic) bond motifs is 2. The Morgan fingerprint density at radius 2 is 1.62 bits per heavy atom. The number of amides is 1. The van der Waals surface area contributed by atoms with Gasteiger partial charge in [0, 0.05) is 29.2 Å². The number of aliphatic hydroxyl groups is 1. The molecule has 1 aliphatic heterocycles. The second-order valence-electron chi connectivity index (χ2n) is 12.4. The van der Waals surface area contributed by atoms with Gasteiger partial charge in [0.05, 0.1) is 18.8 Å². The molecule has 1 amide bonds. The first kappa shape index (κ1) is 28.4. The van der Waals surface area contributed by atoms with E-state index in [0.717, 1.165) is 58.7 Å². The number of aryl methyl sites for hydroxylation is 1. The van der Waals surface area contributed by atoms with Gasteiger partial charge in [-0.2, -0.15) is 0 Å². The first-order valence-electron chi connectivity index (χ1n) is 14.9. The monoisotopic (exact) mass is 541 g/mol. The number of ether oxygens (including phenoxy) is 2. The molecule has 0 radical (unpaired) electrons. The van der Waals surface area contributed by atoms with Gasteiger partial charge in [0.25, 0.3) is 0 Å². The standard InChI is InChI=1S/C35H43NO4/c1-35(2,3)30-20-18-24(17-19-25(37)23-39-26-11-5-4-6-12-26)21-31(30)36-34(38)22-29-27-13-7-9-15-32(27)40-33-16-10-8-14-28(29)33/h7-10,13-16,18,20-21,25-26,29,37H,4-6,11-12,17,19,22-23H2,1-3H3,(H,36,38). The summed E-state index contributed by atoms with van der Waals surface area (Å²) in [6.45, 7) is 6.88. The molecule has 1 aliphatic carbocycles. The molecule has 1 unspecified atom stereocenters. The third kappa shape index (κ3) is 6.94. The summed E-state index contributed by atoms with van der Waals surface area (Å²) >= 11 is 0. The van der Waals surface area contributed by atoms with Crippen LogP contribution in [0.25, 0.3) is 0 Å². The van der Waals surface area contributed by atoms with Gasteiger partial charge in [-0.05, 0) is 60.4 Å². The van der Waals surface area contributed by atoms with E-state index >= 15 is 0 Å². The first-order chi connectivity index (χ1) is 19.3. The van der Waals surface area contributed by atoms with Gasteiger partial charge < -0.3 is 19.9 Å². The first-order valence-corrected chi connectivity index (χ1v) is 14.9. The molecule has 2 aliphatic rings. The van der Waals surface area contributed by atoms with Crippen molar-refractivity contribution in [3.05, 3.63) is 89.0 Å². The van der Waals surface area contributed by atoms with Crippen molar-refractivity contribution in [2.45, 2.75) is 95.7 Å². The second-order valence-corrected chi connectivity index (χ2v) is 12.4. The van der Waals surface area contributed by atoms with Crippen molar-refractivity contribution in [3.63, 3.8) is 0 Å². The van der Waals surface area contributed by atoms with Crippen molar-refractivity contribution in [2.75, 3.05) is 11.9 Å². The number of hydrogen-bond donors (Lipinski definition) is 2. The van der Waals surface area contributed by atoms with E-state index < -0.39 is 6.10 Å². The molecule has 1 fully saturated rings. The van der Waals surface area contributed by atoms with Crippen LogP contribution in [-0.4, -0.2) is 29.8 Å². The van der Waals surface area contributed by atoms with Gasteiger partial charge in [0.1, 0.15) is 11.5 Å². The predicted octanol–water partition coefficient (Wildman–Crippen LogP) is 7.89. The molecule has 0 bridgehead atoms. The number of carbonyl (C=O) groups excluding carboxylic acids is 1. The van der Waals surface area contributed by atoms with Gasteiger partial charge in [0.2, 0.25) is 5.91 Å². The summed E-state index contributed by atoms with van der Waals surface area (Å²) in [5, 5.41) is 13.8. The quantitative estimate of drug-likeness (QED) is 0.289. The Morgan fingerprint density at radius 3 is 2.27 bits per heavy atom. The lowest BCUT2D eigenvalue weighted by Crippen LogP contribution is -2.24. The van der Waals surface area contributed by atoms with E-state index in [4.69, 9.17) is 9.47 Å². The number of nitrogens with one attached hydrogen (secondary N) is 1. The van der Waals surface area contributed by atoms with Crippen LogP contribution in [0.3, 0.4) is 0 Å². The maximum Gasteiger partial charge on any atom is 0.225 e. The largest absolute Gasteiger partial charge is 0.457 e. The minimum atomic E-state index is -0.490. The van der Waals surface area contributed by atoms with Crippen molar-refractivity contribution in [2.24, 2.45) is 0 Å². The number of hydrogen-bond acceptors (Lipinski definition) is 4. The number of para-hydroxylation sites is 2. The Kier molecular flexibility index (Phi) is 8.92. The van der Waals surface area contributed by atoms with Crippen LogP contribution in [-0.2, 0) is 21.4 Å². The van der Waals surface area contributed by atoms with Crippen molar-refractivity contribution in [3.8, 4) is 11.5 Å². The average Bonchev–Trinajstić information content (AvgIpc) is 2.95. The highest BCUT2D eigenvalue weighted by atomic mass is 16.5. The lowest BCUT2D eigenvalue weighted by atomic mass is 9.84. The highest BCUT2D eigenvalue weighted by Gasteiger charge is 2.29. The fraction of sp³-hybridized carbons (Fsp3) is 0.457. The highest BCUT2D eigenvalue weighted by Crippen LogP contribution is 2.45. The van der Waals surface area contributed by atoms with Crippen LogP contribution < -0.4 is 10.1 Å². The van der Waals surface area contributed by atoms with E-state index in [-0.39, 0.29) is 17.2 Å². The Labute approximate surface area is 238 Å². The third-order valence-electron chi connectivity index (χ3n) is 8.21. The van der Waals surface area contributed by atoms with Crippen molar-refractivity contribution >= 4 is 11.6 Å². The zero-order valence-corrected chi connectivity index (χ0v) is 24.1. The fourth-order valence-corrected chi connectivity index (χ4v) is 6.02. The molecule has 0 spiro atoms. The molecular weight excluding hydrogens is 498 g/mol. The molecule has 1 saturated carbocycles. The van der Waals surface area contributed by atoms with E-state index in [2.05, 4.69) is 44.3 Å². The zero-order valence-electron chi connectivity index (χ0n) is 24.1. The van der Waals surface area contributed by atoms with Gasteiger partial charge in [-0.25, -0.2) is 0 Å². The predicted molar refractivity (Wildman–Crippen MR) is 160 cm³/mol. The van der Waals surface area contributed by atoms with Crippen LogP contribution in [0.15, 0.2) is 66.7 Å². The lowest BCUT2D eigenvalue weighted by molar-refractivity contribution is -0.116. The van der Waals surface area contributed by atoms with Crippen LogP contribution in [0.5, 0.6) is 11.5 Å². The van der Waals surface area contributed by atoms with E-state index in [1.54, 1.807) is 0 Å². The van der Waals surface area contributed by atoms with Gasteiger partial charge in [-0.1, -0.05) is 88.6 Å². The minimum absolute atomic E-state index is 0.0277. The summed E-state index contributed by atoms with van der Waals surface area (Å²) in [6.07, 6.45) is 7.44. The summed E-state index contributed by atoms with van der Waals surface area (Å²) in [6, 6.07) is 22.3. The summed E-state index contributed by atoms with van der Waals surface area (Å²) in [5.41, 5.74) is 4.97. The van der Waals surface area contributed by atoms with Crippen LogP contribution in [0.2, 0.25) is 0 Å². The molecule has 3 aromatic rings. The maximum atomic E-state index is 13.6. The number of carbonyl (C=O) groups is 1. The Hall–Kier alpha value is -3.15. The molecule has 3 aromatic carbocycles. The molecule has 2 N–H and O–H groups in total. The number of rotatable bonds is 9. The van der Waals surface area contributed by atoms with Gasteiger partial charge in [-0.15, -0.1) is 0 Å². The van der Waals surface area contributed by atoms with Gasteiger partial charge in [0.15, 0.2) is 0 Å². The van der Waals surface area contributed by atoms with Crippen molar-refractivity contribution in [1.29, 1.82) is 0 Å². The molecule has 1 atom stereocenters. The maximum absolute atomic E-state index is 13.6. The fourth-order valence-electron chi connectivity index (χ4n) is 6.02. The van der Waals surface area contributed by atoms with Crippen LogP contribution in [0.4, 0.5) is 5.69 Å². The average molecular weight is 542 g/mol. The molecular formula is C35H43NO4. The Bertz CT molecular complexity index is 1260. The van der Waals surface area contributed by atoms with Gasteiger partial charge >= 0.3 is 0 Å². The van der Waals surface area contributed by atoms with E-state index in [0.29, 0.717) is 25.6 Å². The minimum Gasteiger partial charge on any atom is -0.457 e. The molecule has 0 saturated heterocycles. The summed E-state index contributed by atoms with van der Waals surface area (Å²) in [4.78, 5) is 13.6. The normalized spacial score (nSPS) is 16.5. The van der Waals surface area contributed by atoms with Gasteiger partial charge in [-0.3, -0.25) is 4.79 Å². The third-order valence-corrected chi connectivity index (χ3v) is 8.21. The smallest absolute Gasteiger partial charge is 0.225 e. The van der Waals surface area contributed by atoms with E-state index in [1.165, 1.54) is 19.3 Å². The zero-order chi connectivity index (χ0) is 28.1. The molecule has 212 valence electrons. The van der Waals surface area contributed by atoms with Crippen LogP contribution in [0.1, 0.15) is 93.9 Å². The molecule has 1 heterocycles. The van der Waals surface area contributed by atoms with E-state index in [1.807, 2.05) is 48.5 Å². The number of anilines is 1. The van der Waals surface area contributed by atoms with Crippen LogP contribution in [0, 0.1) is 0 Å². The topological polar surface area (TPSA) is 67.8 Å². The highest BCUT2D eigenvalue weighted by molar-refractivity contribution is 5.93. The summed E-state index contributed by atoms with van der Waals surface area (Å²) in [5.74, 6) is 1.51. The SMILES string of the molecule is CC(C)(C)c1ccc(CCC(O)COC2CCCCC2)cc1NC(=O)CC1c2ccccc2Oc2ccccc21.